The molecule has 1 aromatic heterocycles. The molecule has 30 heavy (non-hydrogen) atoms. The summed E-state index contributed by atoms with van der Waals surface area (Å²) in [5.41, 5.74) is 2.05. The summed E-state index contributed by atoms with van der Waals surface area (Å²) in [5.74, 6) is 0.422. The van der Waals surface area contributed by atoms with Gasteiger partial charge in [-0.05, 0) is 43.3 Å². The summed E-state index contributed by atoms with van der Waals surface area (Å²) in [6, 6.07) is 16.4. The van der Waals surface area contributed by atoms with Gasteiger partial charge in [-0.3, -0.25) is 4.79 Å². The minimum absolute atomic E-state index is 0.166. The fourth-order valence-corrected chi connectivity index (χ4v) is 3.57. The number of para-hydroxylation sites is 1. The molecule has 0 saturated carbocycles. The van der Waals surface area contributed by atoms with Gasteiger partial charge in [0.2, 0.25) is 5.91 Å². The van der Waals surface area contributed by atoms with Crippen molar-refractivity contribution in [2.45, 2.75) is 25.2 Å². The van der Waals surface area contributed by atoms with E-state index >= 15 is 0 Å². The number of ether oxygens (including phenoxy) is 1. The molecule has 0 spiro atoms. The van der Waals surface area contributed by atoms with Crippen LogP contribution in [0.4, 0.5) is 11.4 Å². The number of thioether (sulfide) groups is 1. The molecule has 156 valence electrons. The van der Waals surface area contributed by atoms with Crippen LogP contribution in [0.5, 0.6) is 0 Å². The summed E-state index contributed by atoms with van der Waals surface area (Å²) >= 11 is 1.33. The van der Waals surface area contributed by atoms with Gasteiger partial charge >= 0.3 is 5.97 Å². The van der Waals surface area contributed by atoms with Gasteiger partial charge in [0.15, 0.2) is 11.0 Å². The topological polar surface area (TPSA) is 98.1 Å². The number of anilines is 2. The first-order valence-corrected chi connectivity index (χ1v) is 10.4. The highest BCUT2D eigenvalue weighted by molar-refractivity contribution is 7.99. The second-order valence-corrected chi connectivity index (χ2v) is 7.21. The van der Waals surface area contributed by atoms with E-state index in [-0.39, 0.29) is 11.7 Å². The Hall–Kier alpha value is -3.33. The van der Waals surface area contributed by atoms with Crippen molar-refractivity contribution in [2.75, 3.05) is 23.5 Å². The van der Waals surface area contributed by atoms with Crippen molar-refractivity contribution >= 4 is 35.0 Å². The Morgan fingerprint density at radius 1 is 1.03 bits per heavy atom. The fourth-order valence-electron chi connectivity index (χ4n) is 2.75. The van der Waals surface area contributed by atoms with Crippen LogP contribution in [0.15, 0.2) is 59.8 Å². The monoisotopic (exact) mass is 425 g/mol. The van der Waals surface area contributed by atoms with E-state index in [0.717, 1.165) is 11.5 Å². The minimum Gasteiger partial charge on any atom is -0.465 e. The SMILES string of the molecule is CCn1c(CNc2ccccc2)nnc1SCC(=O)Nc1ccc(C(=O)OC)cc1. The zero-order chi connectivity index (χ0) is 21.3. The van der Waals surface area contributed by atoms with Crippen LogP contribution < -0.4 is 10.6 Å². The van der Waals surface area contributed by atoms with Crippen molar-refractivity contribution in [2.24, 2.45) is 0 Å². The maximum Gasteiger partial charge on any atom is 0.337 e. The van der Waals surface area contributed by atoms with Crippen LogP contribution in [-0.2, 0) is 22.6 Å². The molecule has 1 heterocycles. The Morgan fingerprint density at radius 3 is 2.43 bits per heavy atom. The average Bonchev–Trinajstić information content (AvgIpc) is 3.18. The highest BCUT2D eigenvalue weighted by Crippen LogP contribution is 2.19. The molecular weight excluding hydrogens is 402 g/mol. The summed E-state index contributed by atoms with van der Waals surface area (Å²) in [6.07, 6.45) is 0. The lowest BCUT2D eigenvalue weighted by Crippen LogP contribution is -2.15. The van der Waals surface area contributed by atoms with Crippen molar-refractivity contribution in [3.8, 4) is 0 Å². The Morgan fingerprint density at radius 2 is 1.77 bits per heavy atom. The number of nitrogens with one attached hydrogen (secondary N) is 2. The van der Waals surface area contributed by atoms with Gasteiger partial charge in [-0.1, -0.05) is 30.0 Å². The maximum atomic E-state index is 12.3. The molecule has 2 aromatic carbocycles. The quantitative estimate of drug-likeness (QED) is 0.400. The summed E-state index contributed by atoms with van der Waals surface area (Å²) in [4.78, 5) is 23.7. The fraction of sp³-hybridized carbons (Fsp3) is 0.238. The number of hydrogen-bond donors (Lipinski definition) is 2. The van der Waals surface area contributed by atoms with E-state index in [1.165, 1.54) is 18.9 Å². The van der Waals surface area contributed by atoms with E-state index < -0.39 is 5.97 Å². The van der Waals surface area contributed by atoms with Gasteiger partial charge < -0.3 is 19.9 Å². The molecule has 0 aliphatic rings. The lowest BCUT2D eigenvalue weighted by Gasteiger charge is -2.09. The number of methoxy groups -OCH3 is 1. The molecular formula is C21H23N5O3S. The smallest absolute Gasteiger partial charge is 0.337 e. The number of amides is 1. The number of aromatic nitrogens is 3. The molecule has 3 aromatic rings. The van der Waals surface area contributed by atoms with Gasteiger partial charge in [0, 0.05) is 17.9 Å². The number of carbonyl (C=O) groups is 2. The third-order valence-electron chi connectivity index (χ3n) is 4.26. The summed E-state index contributed by atoms with van der Waals surface area (Å²) in [7, 11) is 1.33. The predicted octanol–water partition coefficient (Wildman–Crippen LogP) is 3.43. The van der Waals surface area contributed by atoms with Crippen molar-refractivity contribution in [3.63, 3.8) is 0 Å². The van der Waals surface area contributed by atoms with Crippen LogP contribution in [0.3, 0.4) is 0 Å². The van der Waals surface area contributed by atoms with Crippen molar-refractivity contribution in [1.29, 1.82) is 0 Å². The van der Waals surface area contributed by atoms with Crippen LogP contribution >= 0.6 is 11.8 Å². The largest absolute Gasteiger partial charge is 0.465 e. The number of hydrogen-bond acceptors (Lipinski definition) is 7. The van der Waals surface area contributed by atoms with Crippen molar-refractivity contribution in [1.82, 2.24) is 14.8 Å². The van der Waals surface area contributed by atoms with Crippen LogP contribution in [0.1, 0.15) is 23.1 Å². The molecule has 0 unspecified atom stereocenters. The minimum atomic E-state index is -0.417. The van der Waals surface area contributed by atoms with Crippen LogP contribution in [0.2, 0.25) is 0 Å². The molecule has 1 amide bonds. The summed E-state index contributed by atoms with van der Waals surface area (Å²) in [5, 5.41) is 15.3. The zero-order valence-electron chi connectivity index (χ0n) is 16.8. The molecule has 0 fully saturated rings. The van der Waals surface area contributed by atoms with E-state index in [0.29, 0.717) is 29.5 Å². The molecule has 0 aliphatic carbocycles. The van der Waals surface area contributed by atoms with E-state index in [1.54, 1.807) is 24.3 Å². The van der Waals surface area contributed by atoms with E-state index in [2.05, 4.69) is 25.6 Å². The molecule has 3 rings (SSSR count). The first kappa shape index (κ1) is 21.4. The van der Waals surface area contributed by atoms with Gasteiger partial charge in [-0.25, -0.2) is 4.79 Å². The molecule has 0 bridgehead atoms. The Kier molecular flexibility index (Phi) is 7.45. The van der Waals surface area contributed by atoms with Crippen molar-refractivity contribution < 1.29 is 14.3 Å². The summed E-state index contributed by atoms with van der Waals surface area (Å²) < 4.78 is 6.65. The Bertz CT molecular complexity index is 990. The Labute approximate surface area is 179 Å². The second kappa shape index (κ2) is 10.4. The van der Waals surface area contributed by atoms with Crippen LogP contribution in [0.25, 0.3) is 0 Å². The Balaban J connectivity index is 1.54. The second-order valence-electron chi connectivity index (χ2n) is 6.27. The molecule has 8 nitrogen and oxygen atoms in total. The number of nitrogens with zero attached hydrogens (tertiary/aromatic N) is 3. The van der Waals surface area contributed by atoms with Gasteiger partial charge in [0.25, 0.3) is 0 Å². The lowest BCUT2D eigenvalue weighted by atomic mass is 10.2. The van der Waals surface area contributed by atoms with E-state index in [1.807, 2.05) is 41.8 Å². The van der Waals surface area contributed by atoms with Crippen LogP contribution in [0, 0.1) is 0 Å². The highest BCUT2D eigenvalue weighted by Gasteiger charge is 2.13. The van der Waals surface area contributed by atoms with E-state index in [9.17, 15) is 9.59 Å². The molecule has 9 heteroatoms. The molecule has 0 aliphatic heterocycles. The third kappa shape index (κ3) is 5.60. The predicted molar refractivity (Wildman–Crippen MR) is 117 cm³/mol. The number of benzene rings is 2. The van der Waals surface area contributed by atoms with Crippen LogP contribution in [-0.4, -0.2) is 39.5 Å². The first-order chi connectivity index (χ1) is 14.6. The summed E-state index contributed by atoms with van der Waals surface area (Å²) in [6.45, 7) is 3.27. The molecule has 0 radical (unpaired) electrons. The normalized spacial score (nSPS) is 10.5. The number of carbonyl (C=O) groups excluding carboxylic acids is 2. The van der Waals surface area contributed by atoms with Gasteiger partial charge in [0.1, 0.15) is 0 Å². The third-order valence-corrected chi connectivity index (χ3v) is 5.22. The van der Waals surface area contributed by atoms with Gasteiger partial charge in [-0.15, -0.1) is 10.2 Å². The lowest BCUT2D eigenvalue weighted by molar-refractivity contribution is -0.113. The van der Waals surface area contributed by atoms with Crippen molar-refractivity contribution in [3.05, 3.63) is 66.0 Å². The average molecular weight is 426 g/mol. The molecule has 2 N–H and O–H groups in total. The first-order valence-electron chi connectivity index (χ1n) is 9.42. The maximum absolute atomic E-state index is 12.3. The van der Waals surface area contributed by atoms with E-state index in [4.69, 9.17) is 0 Å². The molecule has 0 atom stereocenters. The number of esters is 1. The standard InChI is InChI=1S/C21H23N5O3S/c1-3-26-18(13-22-16-7-5-4-6-8-16)24-25-21(26)30-14-19(27)23-17-11-9-15(10-12-17)20(28)29-2/h4-12,22H,3,13-14H2,1-2H3,(H,23,27). The van der Waals surface area contributed by atoms with Gasteiger partial charge in [-0.2, -0.15) is 0 Å². The number of rotatable bonds is 9. The highest BCUT2D eigenvalue weighted by atomic mass is 32.2. The van der Waals surface area contributed by atoms with Gasteiger partial charge in [0.05, 0.1) is 25.0 Å². The molecule has 0 saturated heterocycles. The zero-order valence-corrected chi connectivity index (χ0v) is 17.6.